The summed E-state index contributed by atoms with van der Waals surface area (Å²) in [6.07, 6.45) is -5.78. The molecule has 1 aliphatic heterocycles. The molecular weight excluding hydrogens is 387 g/mol. The fourth-order valence-corrected chi connectivity index (χ4v) is 4.10. The summed E-state index contributed by atoms with van der Waals surface area (Å²) in [4.78, 5) is 11.5. The Labute approximate surface area is 153 Å². The number of benzene rings is 2. The lowest BCUT2D eigenvalue weighted by molar-refractivity contribution is -0.148. The predicted octanol–water partition coefficient (Wildman–Crippen LogP) is 2.83. The van der Waals surface area contributed by atoms with Gasteiger partial charge in [-0.3, -0.25) is 4.31 Å². The first-order valence-corrected chi connectivity index (χ1v) is 9.12. The molecule has 0 aliphatic carbocycles. The zero-order valence-corrected chi connectivity index (χ0v) is 14.8. The molecule has 144 valence electrons. The molecule has 1 atom stereocenters. The number of halogens is 3. The van der Waals surface area contributed by atoms with Crippen LogP contribution in [-0.2, 0) is 25.7 Å². The molecule has 0 fully saturated rings. The SMILES string of the molecule is COC(=O)[C@H]1CN(S(=O)(=O)c2ccc(C(F)(F)F)cc2)c2ccccc2O1. The van der Waals surface area contributed by atoms with E-state index in [0.29, 0.717) is 12.1 Å². The Kier molecular flexibility index (Phi) is 4.77. The molecule has 0 radical (unpaired) electrons. The summed E-state index contributed by atoms with van der Waals surface area (Å²) in [7, 11) is -3.09. The number of carbonyl (C=O) groups is 1. The first-order chi connectivity index (χ1) is 12.6. The van der Waals surface area contributed by atoms with Gasteiger partial charge in [0, 0.05) is 0 Å². The molecule has 1 heterocycles. The lowest BCUT2D eigenvalue weighted by Crippen LogP contribution is -2.47. The van der Waals surface area contributed by atoms with E-state index < -0.39 is 33.8 Å². The smallest absolute Gasteiger partial charge is 0.416 e. The average Bonchev–Trinajstić information content (AvgIpc) is 2.65. The number of esters is 1. The van der Waals surface area contributed by atoms with Crippen LogP contribution in [0, 0.1) is 0 Å². The number of hydrogen-bond acceptors (Lipinski definition) is 5. The third kappa shape index (κ3) is 3.57. The Morgan fingerprint density at radius 3 is 2.37 bits per heavy atom. The summed E-state index contributed by atoms with van der Waals surface area (Å²) in [6, 6.07) is 9.28. The first kappa shape index (κ1) is 19.0. The molecule has 0 N–H and O–H groups in total. The minimum absolute atomic E-state index is 0.148. The number of hydrogen-bond donors (Lipinski definition) is 0. The van der Waals surface area contributed by atoms with Crippen molar-refractivity contribution in [2.75, 3.05) is 18.0 Å². The fraction of sp³-hybridized carbons (Fsp3) is 0.235. The Bertz CT molecular complexity index is 957. The van der Waals surface area contributed by atoms with Gasteiger partial charge in [-0.15, -0.1) is 0 Å². The normalized spacial score (nSPS) is 17.0. The van der Waals surface area contributed by atoms with E-state index in [1.54, 1.807) is 12.1 Å². The van der Waals surface area contributed by atoms with Crippen LogP contribution < -0.4 is 9.04 Å². The minimum Gasteiger partial charge on any atom is -0.475 e. The molecular formula is C17H14F3NO5S. The topological polar surface area (TPSA) is 72.9 Å². The summed E-state index contributed by atoms with van der Waals surface area (Å²) in [5.41, 5.74) is -0.784. The van der Waals surface area contributed by atoms with E-state index >= 15 is 0 Å². The summed E-state index contributed by atoms with van der Waals surface area (Å²) in [6.45, 7) is -0.368. The molecule has 0 unspecified atom stereocenters. The second kappa shape index (κ2) is 6.76. The molecule has 2 aromatic carbocycles. The summed E-state index contributed by atoms with van der Waals surface area (Å²) in [5, 5.41) is 0. The van der Waals surface area contributed by atoms with Crippen LogP contribution in [0.15, 0.2) is 53.4 Å². The third-order valence-corrected chi connectivity index (χ3v) is 5.76. The lowest BCUT2D eigenvalue weighted by atomic mass is 10.2. The highest BCUT2D eigenvalue weighted by Gasteiger charge is 2.38. The molecule has 0 bridgehead atoms. The van der Waals surface area contributed by atoms with Crippen molar-refractivity contribution in [2.24, 2.45) is 0 Å². The molecule has 1 aliphatic rings. The van der Waals surface area contributed by atoms with E-state index in [1.807, 2.05) is 0 Å². The largest absolute Gasteiger partial charge is 0.475 e. The number of sulfonamides is 1. The van der Waals surface area contributed by atoms with Crippen LogP contribution in [0.2, 0.25) is 0 Å². The van der Waals surface area contributed by atoms with E-state index in [2.05, 4.69) is 4.74 Å². The molecule has 3 rings (SSSR count). The van der Waals surface area contributed by atoms with Crippen LogP contribution in [0.25, 0.3) is 0 Å². The van der Waals surface area contributed by atoms with Crippen LogP contribution in [0.5, 0.6) is 5.75 Å². The molecule has 10 heteroatoms. The van der Waals surface area contributed by atoms with Crippen molar-refractivity contribution in [3.63, 3.8) is 0 Å². The van der Waals surface area contributed by atoms with Gasteiger partial charge in [0.25, 0.3) is 10.0 Å². The molecule has 27 heavy (non-hydrogen) atoms. The summed E-state index contributed by atoms with van der Waals surface area (Å²) in [5.74, 6) is -0.619. The van der Waals surface area contributed by atoms with E-state index in [4.69, 9.17) is 4.74 Å². The number of para-hydroxylation sites is 2. The molecule has 2 aromatic rings. The van der Waals surface area contributed by atoms with Gasteiger partial charge in [0.05, 0.1) is 29.8 Å². The van der Waals surface area contributed by atoms with Gasteiger partial charge in [-0.25, -0.2) is 13.2 Å². The Morgan fingerprint density at radius 1 is 1.15 bits per heavy atom. The number of rotatable bonds is 3. The molecule has 6 nitrogen and oxygen atoms in total. The molecule has 0 saturated carbocycles. The van der Waals surface area contributed by atoms with Crippen LogP contribution in [-0.4, -0.2) is 34.1 Å². The number of anilines is 1. The van der Waals surface area contributed by atoms with E-state index in [-0.39, 0.29) is 22.9 Å². The maximum atomic E-state index is 13.0. The number of ether oxygens (including phenoxy) is 2. The quantitative estimate of drug-likeness (QED) is 0.740. The van der Waals surface area contributed by atoms with Gasteiger partial charge in [-0.05, 0) is 36.4 Å². The van der Waals surface area contributed by atoms with Crippen LogP contribution >= 0.6 is 0 Å². The first-order valence-electron chi connectivity index (χ1n) is 7.68. The van der Waals surface area contributed by atoms with Crippen molar-refractivity contribution in [1.82, 2.24) is 0 Å². The van der Waals surface area contributed by atoms with Crippen molar-refractivity contribution < 1.29 is 35.9 Å². The van der Waals surface area contributed by atoms with Crippen molar-refractivity contribution in [1.29, 1.82) is 0 Å². The summed E-state index contributed by atoms with van der Waals surface area (Å²) >= 11 is 0. The van der Waals surface area contributed by atoms with Gasteiger partial charge in [0.1, 0.15) is 5.75 Å². The average molecular weight is 401 g/mol. The Hall–Kier alpha value is -2.75. The molecule has 0 spiro atoms. The van der Waals surface area contributed by atoms with E-state index in [9.17, 15) is 26.4 Å². The minimum atomic E-state index is -4.58. The Balaban J connectivity index is 2.03. The number of carbonyl (C=O) groups excluding carboxylic acids is 1. The predicted molar refractivity (Wildman–Crippen MR) is 88.8 cm³/mol. The highest BCUT2D eigenvalue weighted by molar-refractivity contribution is 7.92. The lowest BCUT2D eigenvalue weighted by Gasteiger charge is -2.34. The zero-order valence-electron chi connectivity index (χ0n) is 13.9. The van der Waals surface area contributed by atoms with Crippen molar-refractivity contribution >= 4 is 21.7 Å². The van der Waals surface area contributed by atoms with Gasteiger partial charge < -0.3 is 9.47 Å². The van der Waals surface area contributed by atoms with Crippen LogP contribution in [0.3, 0.4) is 0 Å². The van der Waals surface area contributed by atoms with Crippen molar-refractivity contribution in [3.8, 4) is 5.75 Å². The number of nitrogens with zero attached hydrogens (tertiary/aromatic N) is 1. The van der Waals surface area contributed by atoms with Gasteiger partial charge in [0.2, 0.25) is 6.10 Å². The van der Waals surface area contributed by atoms with Crippen LogP contribution in [0.1, 0.15) is 5.56 Å². The highest BCUT2D eigenvalue weighted by Crippen LogP contribution is 2.37. The van der Waals surface area contributed by atoms with E-state index in [0.717, 1.165) is 23.5 Å². The van der Waals surface area contributed by atoms with Gasteiger partial charge >= 0.3 is 12.1 Å². The molecule has 0 saturated heterocycles. The molecule has 0 amide bonds. The number of methoxy groups -OCH3 is 1. The van der Waals surface area contributed by atoms with Gasteiger partial charge in [-0.1, -0.05) is 12.1 Å². The highest BCUT2D eigenvalue weighted by atomic mass is 32.2. The second-order valence-corrected chi connectivity index (χ2v) is 7.52. The van der Waals surface area contributed by atoms with E-state index in [1.165, 1.54) is 12.1 Å². The third-order valence-electron chi connectivity index (χ3n) is 3.97. The molecule has 0 aromatic heterocycles. The van der Waals surface area contributed by atoms with Gasteiger partial charge in [0.15, 0.2) is 0 Å². The maximum Gasteiger partial charge on any atom is 0.416 e. The maximum absolute atomic E-state index is 13.0. The van der Waals surface area contributed by atoms with Gasteiger partial charge in [-0.2, -0.15) is 13.2 Å². The second-order valence-electron chi connectivity index (χ2n) is 5.66. The summed E-state index contributed by atoms with van der Waals surface area (Å²) < 4.78 is 75.2. The fourth-order valence-electron chi connectivity index (χ4n) is 2.63. The monoisotopic (exact) mass is 401 g/mol. The van der Waals surface area contributed by atoms with Crippen molar-refractivity contribution in [3.05, 3.63) is 54.1 Å². The standard InChI is InChI=1S/C17H14F3NO5S/c1-25-16(22)15-10-21(13-4-2-3-5-14(13)26-15)27(23,24)12-8-6-11(7-9-12)17(18,19)20/h2-9,15H,10H2,1H3/t15-/m1/s1. The van der Waals surface area contributed by atoms with Crippen molar-refractivity contribution in [2.45, 2.75) is 17.2 Å². The number of alkyl halides is 3. The zero-order chi connectivity index (χ0) is 19.8. The number of fused-ring (bicyclic) bond motifs is 1. The van der Waals surface area contributed by atoms with Crippen LogP contribution in [0.4, 0.5) is 18.9 Å². The Morgan fingerprint density at radius 2 is 1.78 bits per heavy atom.